The van der Waals surface area contributed by atoms with Crippen molar-refractivity contribution in [3.8, 4) is 0 Å². The molecule has 0 saturated carbocycles. The standard InChI is InChI=1S/C17H20N2OS/c1-2-19(11-12-6-8-14(18)9-7-12)17(20)16-10-13-4-3-5-15(13)21-16/h6-10H,2-5,11,18H2,1H3. The maximum Gasteiger partial charge on any atom is 0.264 e. The van der Waals surface area contributed by atoms with Gasteiger partial charge in [-0.3, -0.25) is 4.79 Å². The number of benzene rings is 1. The lowest BCUT2D eigenvalue weighted by atomic mass is 10.2. The quantitative estimate of drug-likeness (QED) is 0.879. The third-order valence-electron chi connectivity index (χ3n) is 3.98. The molecule has 2 N–H and O–H groups in total. The van der Waals surface area contributed by atoms with Gasteiger partial charge in [-0.2, -0.15) is 0 Å². The van der Waals surface area contributed by atoms with Crippen LogP contribution in [0.25, 0.3) is 0 Å². The first-order valence-corrected chi connectivity index (χ1v) is 8.24. The van der Waals surface area contributed by atoms with Crippen LogP contribution < -0.4 is 5.73 Å². The van der Waals surface area contributed by atoms with Crippen LogP contribution in [0.5, 0.6) is 0 Å². The number of anilines is 1. The summed E-state index contributed by atoms with van der Waals surface area (Å²) in [5, 5.41) is 0. The molecule has 0 aliphatic heterocycles. The molecule has 0 atom stereocenters. The third-order valence-corrected chi connectivity index (χ3v) is 5.20. The highest BCUT2D eigenvalue weighted by Crippen LogP contribution is 2.31. The molecule has 2 aromatic rings. The molecule has 1 aliphatic carbocycles. The van der Waals surface area contributed by atoms with Gasteiger partial charge in [-0.15, -0.1) is 11.3 Å². The lowest BCUT2D eigenvalue weighted by Gasteiger charge is -2.20. The predicted octanol–water partition coefficient (Wildman–Crippen LogP) is 3.48. The van der Waals surface area contributed by atoms with Crippen molar-refractivity contribution in [3.05, 3.63) is 51.2 Å². The highest BCUT2D eigenvalue weighted by atomic mass is 32.1. The maximum atomic E-state index is 12.7. The summed E-state index contributed by atoms with van der Waals surface area (Å²) in [7, 11) is 0. The number of rotatable bonds is 4. The summed E-state index contributed by atoms with van der Waals surface area (Å²) in [5.41, 5.74) is 8.95. The lowest BCUT2D eigenvalue weighted by molar-refractivity contribution is 0.0757. The summed E-state index contributed by atoms with van der Waals surface area (Å²) in [4.78, 5) is 16.9. The number of fused-ring (bicyclic) bond motifs is 1. The van der Waals surface area contributed by atoms with E-state index in [-0.39, 0.29) is 5.91 Å². The van der Waals surface area contributed by atoms with Crippen molar-refractivity contribution >= 4 is 22.9 Å². The monoisotopic (exact) mass is 300 g/mol. The van der Waals surface area contributed by atoms with Crippen molar-refractivity contribution in [2.45, 2.75) is 32.7 Å². The Morgan fingerprint density at radius 3 is 2.71 bits per heavy atom. The molecule has 1 aromatic carbocycles. The van der Waals surface area contributed by atoms with E-state index in [1.54, 1.807) is 11.3 Å². The van der Waals surface area contributed by atoms with E-state index in [1.807, 2.05) is 36.1 Å². The van der Waals surface area contributed by atoms with Crippen LogP contribution in [0, 0.1) is 0 Å². The molecule has 0 spiro atoms. The van der Waals surface area contributed by atoms with Gasteiger partial charge in [-0.1, -0.05) is 12.1 Å². The first-order chi connectivity index (χ1) is 10.2. The van der Waals surface area contributed by atoms with Gasteiger partial charge in [0.05, 0.1) is 4.88 Å². The van der Waals surface area contributed by atoms with Crippen LogP contribution in [0.3, 0.4) is 0 Å². The summed E-state index contributed by atoms with van der Waals surface area (Å²) in [6.45, 7) is 3.38. The zero-order valence-corrected chi connectivity index (χ0v) is 13.1. The number of amides is 1. The van der Waals surface area contributed by atoms with Crippen molar-refractivity contribution in [2.75, 3.05) is 12.3 Å². The second-order valence-corrected chi connectivity index (χ2v) is 6.61. The molecule has 3 nitrogen and oxygen atoms in total. The molecule has 0 saturated heterocycles. The Morgan fingerprint density at radius 1 is 1.29 bits per heavy atom. The minimum atomic E-state index is 0.147. The smallest absolute Gasteiger partial charge is 0.264 e. The van der Waals surface area contributed by atoms with Crippen molar-refractivity contribution < 1.29 is 4.79 Å². The average Bonchev–Trinajstić information content (AvgIpc) is 3.07. The lowest BCUT2D eigenvalue weighted by Crippen LogP contribution is -2.29. The Labute approximate surface area is 129 Å². The van der Waals surface area contributed by atoms with Crippen LogP contribution in [0.4, 0.5) is 5.69 Å². The second-order valence-electron chi connectivity index (χ2n) is 5.47. The minimum Gasteiger partial charge on any atom is -0.399 e. The zero-order valence-electron chi connectivity index (χ0n) is 12.3. The summed E-state index contributed by atoms with van der Waals surface area (Å²) in [5.74, 6) is 0.147. The molecule has 21 heavy (non-hydrogen) atoms. The molecule has 0 bridgehead atoms. The van der Waals surface area contributed by atoms with E-state index in [0.717, 1.165) is 29.0 Å². The van der Waals surface area contributed by atoms with Gasteiger partial charge >= 0.3 is 0 Å². The number of thiophene rings is 1. The van der Waals surface area contributed by atoms with Gasteiger partial charge in [-0.25, -0.2) is 0 Å². The Morgan fingerprint density at radius 2 is 2.05 bits per heavy atom. The zero-order chi connectivity index (χ0) is 14.8. The van der Waals surface area contributed by atoms with Crippen LogP contribution in [-0.2, 0) is 19.4 Å². The fraction of sp³-hybridized carbons (Fsp3) is 0.353. The Balaban J connectivity index is 1.75. The number of aryl methyl sites for hydroxylation is 2. The molecular formula is C17H20N2OS. The molecule has 0 unspecified atom stereocenters. The van der Waals surface area contributed by atoms with Crippen LogP contribution in [-0.4, -0.2) is 17.4 Å². The minimum absolute atomic E-state index is 0.147. The van der Waals surface area contributed by atoms with Gasteiger partial charge in [0.2, 0.25) is 0 Å². The number of nitrogens with zero attached hydrogens (tertiary/aromatic N) is 1. The van der Waals surface area contributed by atoms with Crippen molar-refractivity contribution in [3.63, 3.8) is 0 Å². The van der Waals surface area contributed by atoms with Gasteiger partial charge in [0.1, 0.15) is 0 Å². The van der Waals surface area contributed by atoms with E-state index in [4.69, 9.17) is 5.73 Å². The maximum absolute atomic E-state index is 12.7. The molecule has 0 radical (unpaired) electrons. The van der Waals surface area contributed by atoms with E-state index in [2.05, 4.69) is 6.07 Å². The van der Waals surface area contributed by atoms with E-state index >= 15 is 0 Å². The summed E-state index contributed by atoms with van der Waals surface area (Å²) in [6.07, 6.45) is 3.50. The van der Waals surface area contributed by atoms with Crippen LogP contribution in [0.15, 0.2) is 30.3 Å². The Hall–Kier alpha value is -1.81. The largest absolute Gasteiger partial charge is 0.399 e. The molecule has 1 heterocycles. The van der Waals surface area contributed by atoms with Crippen LogP contribution in [0.1, 0.15) is 39.0 Å². The first kappa shape index (κ1) is 14.1. The van der Waals surface area contributed by atoms with Gasteiger partial charge in [0.15, 0.2) is 0 Å². The fourth-order valence-corrected chi connectivity index (χ4v) is 3.98. The van der Waals surface area contributed by atoms with Crippen LogP contribution >= 0.6 is 11.3 Å². The molecule has 110 valence electrons. The number of hydrogen-bond donors (Lipinski definition) is 1. The van der Waals surface area contributed by atoms with E-state index in [0.29, 0.717) is 13.1 Å². The second kappa shape index (κ2) is 5.90. The Bertz CT molecular complexity index is 624. The molecule has 1 aliphatic rings. The number of nitrogens with two attached hydrogens (primary N) is 1. The molecular weight excluding hydrogens is 280 g/mol. The first-order valence-electron chi connectivity index (χ1n) is 7.42. The SMILES string of the molecule is CCN(Cc1ccc(N)cc1)C(=O)c1cc2c(s1)CCC2. The molecule has 0 fully saturated rings. The number of carbonyl (C=O) groups is 1. The molecule has 1 aromatic heterocycles. The fourth-order valence-electron chi connectivity index (χ4n) is 2.76. The summed E-state index contributed by atoms with van der Waals surface area (Å²) in [6, 6.07) is 9.83. The topological polar surface area (TPSA) is 46.3 Å². The van der Waals surface area contributed by atoms with Gasteiger partial charge in [0, 0.05) is 23.7 Å². The van der Waals surface area contributed by atoms with Crippen molar-refractivity contribution in [2.24, 2.45) is 0 Å². The summed E-state index contributed by atoms with van der Waals surface area (Å²) < 4.78 is 0. The number of carbonyl (C=O) groups excluding carboxylic acids is 1. The normalized spacial score (nSPS) is 13.2. The van der Waals surface area contributed by atoms with Crippen molar-refractivity contribution in [1.82, 2.24) is 4.90 Å². The number of hydrogen-bond acceptors (Lipinski definition) is 3. The molecule has 1 amide bonds. The average molecular weight is 300 g/mol. The third kappa shape index (κ3) is 2.95. The highest BCUT2D eigenvalue weighted by Gasteiger charge is 2.21. The van der Waals surface area contributed by atoms with Gasteiger partial charge in [-0.05, 0) is 55.5 Å². The molecule has 4 heteroatoms. The summed E-state index contributed by atoms with van der Waals surface area (Å²) >= 11 is 1.68. The van der Waals surface area contributed by atoms with Crippen molar-refractivity contribution in [1.29, 1.82) is 0 Å². The number of nitrogen functional groups attached to an aromatic ring is 1. The van der Waals surface area contributed by atoms with Gasteiger partial charge in [0.25, 0.3) is 5.91 Å². The molecule has 3 rings (SSSR count). The van der Waals surface area contributed by atoms with E-state index in [9.17, 15) is 4.79 Å². The van der Waals surface area contributed by atoms with E-state index in [1.165, 1.54) is 16.9 Å². The van der Waals surface area contributed by atoms with Gasteiger partial charge < -0.3 is 10.6 Å². The Kier molecular flexibility index (Phi) is 3.97. The predicted molar refractivity (Wildman–Crippen MR) is 87.6 cm³/mol. The van der Waals surface area contributed by atoms with Crippen LogP contribution in [0.2, 0.25) is 0 Å². The highest BCUT2D eigenvalue weighted by molar-refractivity contribution is 7.14. The van der Waals surface area contributed by atoms with E-state index < -0.39 is 0 Å².